The lowest BCUT2D eigenvalue weighted by atomic mass is 9.83. The van der Waals surface area contributed by atoms with Gasteiger partial charge in [0.1, 0.15) is 16.7 Å². The fourth-order valence-electron chi connectivity index (χ4n) is 9.24. The lowest BCUT2D eigenvalue weighted by molar-refractivity contribution is -0.135. The summed E-state index contributed by atoms with van der Waals surface area (Å²) in [6.45, 7) is 7.04. The molecule has 3 aromatic heterocycles. The number of likely N-dealkylation sites (tertiary alicyclic amines) is 1. The predicted molar refractivity (Wildman–Crippen MR) is 241 cm³/mol. The van der Waals surface area contributed by atoms with Crippen LogP contribution in [0, 0.1) is 12.8 Å². The number of carbonyl (C=O) groups is 2. The first-order chi connectivity index (χ1) is 29.6. The van der Waals surface area contributed by atoms with E-state index in [9.17, 15) is 19.2 Å². The monoisotopic (exact) mass is 869 g/mol. The Morgan fingerprint density at radius 2 is 1.70 bits per heavy atom. The maximum atomic E-state index is 12.9. The third-order valence-electron chi connectivity index (χ3n) is 12.9. The summed E-state index contributed by atoms with van der Waals surface area (Å²) in [6, 6.07) is 13.5. The lowest BCUT2D eigenvalue weighted by Crippen LogP contribution is -2.44. The molecule has 1 atom stereocenters. The van der Waals surface area contributed by atoms with Crippen LogP contribution in [-0.4, -0.2) is 80.3 Å². The summed E-state index contributed by atoms with van der Waals surface area (Å²) in [7, 11) is 3.45. The maximum Gasteiger partial charge on any atom is 0.329 e. The van der Waals surface area contributed by atoms with Crippen LogP contribution >= 0.6 is 23.5 Å². The van der Waals surface area contributed by atoms with Gasteiger partial charge in [0, 0.05) is 61.9 Å². The number of nitrogens with zero attached hydrogens (tertiary/aromatic N) is 6. The molecule has 4 aliphatic rings. The molecule has 5 aromatic rings. The van der Waals surface area contributed by atoms with Crippen molar-refractivity contribution in [1.82, 2.24) is 38.6 Å². The van der Waals surface area contributed by atoms with Crippen LogP contribution in [0.3, 0.4) is 0 Å². The number of piperidine rings is 2. The molecule has 1 unspecified atom stereocenters. The van der Waals surface area contributed by atoms with Gasteiger partial charge < -0.3 is 15.0 Å². The molecule has 4 fully saturated rings. The zero-order chi connectivity index (χ0) is 42.6. The number of aromatic nitrogens is 5. The highest BCUT2D eigenvalue weighted by molar-refractivity contribution is 7.97. The second-order valence-corrected chi connectivity index (χ2v) is 18.3. The number of fused-ring (bicyclic) bond motifs is 2. The maximum absolute atomic E-state index is 12.9. The van der Waals surface area contributed by atoms with Gasteiger partial charge in [-0.15, -0.1) is 0 Å². The number of ether oxygens (including phenoxy) is 1. The van der Waals surface area contributed by atoms with E-state index in [2.05, 4.69) is 43.4 Å². The molecule has 5 heterocycles. The van der Waals surface area contributed by atoms with Crippen molar-refractivity contribution in [1.29, 1.82) is 0 Å². The van der Waals surface area contributed by atoms with E-state index in [-0.39, 0.29) is 40.5 Å². The topological polar surface area (TPSA) is 157 Å². The van der Waals surface area contributed by atoms with Gasteiger partial charge in [-0.3, -0.25) is 38.1 Å². The predicted octanol–water partition coefficient (Wildman–Crippen LogP) is 7.15. The van der Waals surface area contributed by atoms with Crippen molar-refractivity contribution in [2.75, 3.05) is 45.2 Å². The standard InChI is InChI=1S/C23H30N4O3.C22H26ClN5O2S/c1-25-20-13-17(16-9-11-26(12-10-16)14-15-3-2-4-15)5-6-18(20)27(23(25)30)19-7-8-21(28)24-22(19)29;1-14-11-17(31-25-9-10-30-2)7-8-19(14)26-22-24-13-15-12-18(23)21(29)28(20(15)27-22)16-5-3-4-6-16/h5-6,13,15-16,19H,2-4,7-12,14H2,1H3,(H,24,28,29);7-8,11-13,16,25H,3-6,9-10H2,1-2H3,(H,24,26,27). The summed E-state index contributed by atoms with van der Waals surface area (Å²) >= 11 is 7.78. The fourth-order valence-corrected chi connectivity index (χ4v) is 10.2. The normalized spacial score (nSPS) is 19.2. The molecule has 2 amide bonds. The number of rotatable bonds is 12. The van der Waals surface area contributed by atoms with Gasteiger partial charge in [-0.25, -0.2) is 9.78 Å². The number of benzene rings is 2. The number of pyridine rings is 1. The van der Waals surface area contributed by atoms with Crippen molar-refractivity contribution < 1.29 is 14.3 Å². The second kappa shape index (κ2) is 19.2. The van der Waals surface area contributed by atoms with Crippen molar-refractivity contribution in [3.63, 3.8) is 0 Å². The average molecular weight is 871 g/mol. The molecule has 3 N–H and O–H groups in total. The van der Waals surface area contributed by atoms with Crippen LogP contribution in [0.15, 0.2) is 63.1 Å². The quantitative estimate of drug-likeness (QED) is 0.0665. The van der Waals surface area contributed by atoms with E-state index in [0.717, 1.165) is 96.6 Å². The number of hydrogen-bond acceptors (Lipinski definition) is 11. The summed E-state index contributed by atoms with van der Waals surface area (Å²) in [5.74, 6) is 1.24. The van der Waals surface area contributed by atoms with E-state index in [1.54, 1.807) is 52.1 Å². The minimum absolute atomic E-state index is 0.139. The molecule has 16 heteroatoms. The summed E-state index contributed by atoms with van der Waals surface area (Å²) in [5, 5.41) is 6.65. The van der Waals surface area contributed by atoms with Crippen LogP contribution < -0.4 is 26.6 Å². The van der Waals surface area contributed by atoms with Crippen LogP contribution in [0.25, 0.3) is 22.1 Å². The number of imide groups is 1. The number of imidazole rings is 1. The van der Waals surface area contributed by atoms with Crippen molar-refractivity contribution in [2.24, 2.45) is 13.0 Å². The zero-order valence-corrected chi connectivity index (χ0v) is 36.8. The van der Waals surface area contributed by atoms with Gasteiger partial charge in [-0.2, -0.15) is 4.98 Å². The molecule has 2 aromatic carbocycles. The molecule has 0 bridgehead atoms. The van der Waals surface area contributed by atoms with Crippen molar-refractivity contribution in [3.8, 4) is 0 Å². The molecule has 0 radical (unpaired) electrons. The Labute approximate surface area is 364 Å². The van der Waals surface area contributed by atoms with E-state index in [1.165, 1.54) is 31.4 Å². The molecular formula is C45H56ClN9O5S. The summed E-state index contributed by atoms with van der Waals surface area (Å²) in [5.41, 5.74) is 5.15. The van der Waals surface area contributed by atoms with E-state index in [0.29, 0.717) is 30.5 Å². The molecule has 61 heavy (non-hydrogen) atoms. The third kappa shape index (κ3) is 9.61. The van der Waals surface area contributed by atoms with Gasteiger partial charge in [0.2, 0.25) is 17.8 Å². The summed E-state index contributed by atoms with van der Waals surface area (Å²) < 4.78 is 13.3. The molecule has 324 valence electrons. The SMILES string of the molecule is COCCNSc1ccc(Nc2ncc3cc(Cl)c(=O)n(C4CCCC4)c3n2)c(C)c1.Cn1c(=O)n(C2CCC(=O)NC2=O)c2ccc(C3CCN(CC4CCC4)CC3)cc21. The van der Waals surface area contributed by atoms with Crippen LogP contribution in [0.2, 0.25) is 5.02 Å². The van der Waals surface area contributed by atoms with E-state index in [1.807, 2.05) is 25.1 Å². The highest BCUT2D eigenvalue weighted by atomic mass is 35.5. The molecule has 2 aliphatic heterocycles. The van der Waals surface area contributed by atoms with Crippen LogP contribution in [0.1, 0.15) is 99.8 Å². The number of halogens is 1. The number of hydrogen-bond donors (Lipinski definition) is 3. The Balaban J connectivity index is 0.000000168. The first-order valence-electron chi connectivity index (χ1n) is 21.7. The van der Waals surface area contributed by atoms with Crippen molar-refractivity contribution in [2.45, 2.75) is 100 Å². The first-order valence-corrected chi connectivity index (χ1v) is 22.9. The third-order valence-corrected chi connectivity index (χ3v) is 14.0. The Morgan fingerprint density at radius 3 is 2.41 bits per heavy atom. The smallest absolute Gasteiger partial charge is 0.329 e. The largest absolute Gasteiger partial charge is 0.383 e. The Hall–Kier alpha value is -4.54. The molecule has 9 rings (SSSR count). The van der Waals surface area contributed by atoms with E-state index >= 15 is 0 Å². The van der Waals surface area contributed by atoms with Gasteiger partial charge in [-0.1, -0.05) is 36.9 Å². The fraction of sp³-hybridized carbons (Fsp3) is 0.511. The second-order valence-electron chi connectivity index (χ2n) is 17.0. The van der Waals surface area contributed by atoms with Gasteiger partial charge in [0.05, 0.1) is 17.6 Å². The van der Waals surface area contributed by atoms with Gasteiger partial charge >= 0.3 is 5.69 Å². The molecule has 2 saturated carbocycles. The van der Waals surface area contributed by atoms with Crippen LogP contribution in [0.5, 0.6) is 0 Å². The van der Waals surface area contributed by atoms with Crippen molar-refractivity contribution >= 4 is 69.1 Å². The zero-order valence-electron chi connectivity index (χ0n) is 35.3. The molecule has 2 aliphatic carbocycles. The number of amides is 2. The van der Waals surface area contributed by atoms with Gasteiger partial charge in [0.25, 0.3) is 5.56 Å². The Bertz CT molecular complexity index is 2520. The van der Waals surface area contributed by atoms with Crippen LogP contribution in [-0.2, 0) is 21.4 Å². The molecule has 2 saturated heterocycles. The number of nitrogens with one attached hydrogen (secondary N) is 3. The molecule has 0 spiro atoms. The summed E-state index contributed by atoms with van der Waals surface area (Å²) in [4.78, 5) is 62.5. The number of aryl methyl sites for hydroxylation is 2. The minimum Gasteiger partial charge on any atom is -0.383 e. The number of methoxy groups -OCH3 is 1. The average Bonchev–Trinajstić information content (AvgIpc) is 3.86. The van der Waals surface area contributed by atoms with Crippen molar-refractivity contribution in [3.05, 3.63) is 85.6 Å². The lowest BCUT2D eigenvalue weighted by Gasteiger charge is -2.37. The minimum atomic E-state index is -0.625. The number of carbonyl (C=O) groups excluding carboxylic acids is 2. The number of anilines is 2. The van der Waals surface area contributed by atoms with Gasteiger partial charge in [-0.05, 0) is 136 Å². The van der Waals surface area contributed by atoms with Crippen LogP contribution in [0.4, 0.5) is 11.6 Å². The molecular weight excluding hydrogens is 814 g/mol. The Kier molecular flexibility index (Phi) is 13.6. The van der Waals surface area contributed by atoms with E-state index < -0.39 is 6.04 Å². The van der Waals surface area contributed by atoms with E-state index in [4.69, 9.17) is 21.3 Å². The first kappa shape index (κ1) is 43.1. The Morgan fingerprint density at radius 1 is 0.918 bits per heavy atom. The summed E-state index contributed by atoms with van der Waals surface area (Å²) in [6.07, 6.45) is 13.0. The molecule has 14 nitrogen and oxygen atoms in total. The highest BCUT2D eigenvalue weighted by Gasteiger charge is 2.32. The van der Waals surface area contributed by atoms with Gasteiger partial charge in [0.15, 0.2) is 0 Å². The highest BCUT2D eigenvalue weighted by Crippen LogP contribution is 2.35.